The molecule has 0 radical (unpaired) electrons. The highest BCUT2D eigenvalue weighted by atomic mass is 32.2. The highest BCUT2D eigenvalue weighted by molar-refractivity contribution is 8.00. The summed E-state index contributed by atoms with van der Waals surface area (Å²) < 4.78 is 37.8. The van der Waals surface area contributed by atoms with Crippen molar-refractivity contribution in [3.63, 3.8) is 0 Å². The van der Waals surface area contributed by atoms with Gasteiger partial charge in [0, 0.05) is 24.7 Å². The largest absolute Gasteiger partial charge is 0.441 e. The van der Waals surface area contributed by atoms with Crippen molar-refractivity contribution in [1.82, 2.24) is 20.4 Å². The zero-order valence-corrected chi connectivity index (χ0v) is 12.1. The van der Waals surface area contributed by atoms with E-state index in [9.17, 15) is 18.0 Å². The Morgan fingerprint density at radius 2 is 2.14 bits per heavy atom. The number of thioether (sulfide) groups is 1. The zero-order valence-electron chi connectivity index (χ0n) is 11.3. The Hall–Kier alpha value is -1.22. The van der Waals surface area contributed by atoms with Gasteiger partial charge in [0.05, 0.1) is 0 Å². The zero-order chi connectivity index (χ0) is 15.3. The van der Waals surface area contributed by atoms with Crippen molar-refractivity contribution in [2.45, 2.75) is 23.9 Å². The number of amides is 1. The van der Waals surface area contributed by atoms with Crippen LogP contribution >= 0.6 is 11.8 Å². The van der Waals surface area contributed by atoms with E-state index in [-0.39, 0.29) is 30.0 Å². The van der Waals surface area contributed by atoms with Gasteiger partial charge in [0.25, 0.3) is 0 Å². The van der Waals surface area contributed by atoms with E-state index in [1.807, 2.05) is 0 Å². The number of carbonyl (C=O) groups excluding carboxylic acids is 1. The Kier molecular flexibility index (Phi) is 5.15. The molecule has 1 fully saturated rings. The van der Waals surface area contributed by atoms with Crippen LogP contribution in [-0.2, 0) is 10.3 Å². The molecule has 1 aliphatic heterocycles. The van der Waals surface area contributed by atoms with Gasteiger partial charge >= 0.3 is 5.51 Å². The van der Waals surface area contributed by atoms with Crippen molar-refractivity contribution in [2.75, 3.05) is 25.4 Å². The molecular formula is C12H17F3N4OS. The first kappa shape index (κ1) is 16.2. The van der Waals surface area contributed by atoms with Crippen molar-refractivity contribution in [2.24, 2.45) is 0 Å². The van der Waals surface area contributed by atoms with Gasteiger partial charge in [0.2, 0.25) is 5.91 Å². The van der Waals surface area contributed by atoms with Gasteiger partial charge < -0.3 is 10.6 Å². The molecule has 0 unspecified atom stereocenters. The normalized spacial score (nSPS) is 18.4. The van der Waals surface area contributed by atoms with E-state index >= 15 is 0 Å². The van der Waals surface area contributed by atoms with Crippen LogP contribution in [0.1, 0.15) is 12.8 Å². The van der Waals surface area contributed by atoms with Crippen LogP contribution < -0.4 is 10.6 Å². The minimum Gasteiger partial charge on any atom is -0.353 e. The van der Waals surface area contributed by atoms with Crippen molar-refractivity contribution >= 4 is 17.7 Å². The molecule has 0 aromatic carbocycles. The number of alkyl halides is 3. The fourth-order valence-electron chi connectivity index (χ4n) is 2.42. The number of aromatic nitrogens is 2. The van der Waals surface area contributed by atoms with Crippen LogP contribution in [0.5, 0.6) is 0 Å². The highest BCUT2D eigenvalue weighted by Crippen LogP contribution is 2.30. The Balaban J connectivity index is 1.96. The second-order valence-corrected chi connectivity index (χ2v) is 5.94. The van der Waals surface area contributed by atoms with Crippen LogP contribution in [0.4, 0.5) is 13.2 Å². The molecule has 5 nitrogen and oxygen atoms in total. The highest BCUT2D eigenvalue weighted by Gasteiger charge is 2.41. The minimum absolute atomic E-state index is 0.0144. The van der Waals surface area contributed by atoms with Gasteiger partial charge in [-0.15, -0.1) is 0 Å². The van der Waals surface area contributed by atoms with Crippen molar-refractivity contribution < 1.29 is 18.0 Å². The van der Waals surface area contributed by atoms with E-state index in [4.69, 9.17) is 0 Å². The van der Waals surface area contributed by atoms with E-state index in [2.05, 4.69) is 15.7 Å². The number of carbonyl (C=O) groups is 1. The lowest BCUT2D eigenvalue weighted by Crippen LogP contribution is -2.54. The van der Waals surface area contributed by atoms with Gasteiger partial charge in [-0.3, -0.25) is 9.48 Å². The molecule has 1 aliphatic rings. The van der Waals surface area contributed by atoms with Gasteiger partial charge in [-0.1, -0.05) is 0 Å². The standard InChI is InChI=1S/C12H17F3N4OS/c13-12(14,15)21-9-7-17-10(20)11(2-5-16-6-3-11)19-8-1-4-18-19/h1,4,8,16H,2-3,5-7,9H2,(H,17,20). The monoisotopic (exact) mass is 322 g/mol. The summed E-state index contributed by atoms with van der Waals surface area (Å²) in [5.74, 6) is -0.460. The van der Waals surface area contributed by atoms with Crippen LogP contribution in [0.3, 0.4) is 0 Å². The summed E-state index contributed by atoms with van der Waals surface area (Å²) in [5.41, 5.74) is -5.07. The summed E-state index contributed by atoms with van der Waals surface area (Å²) >= 11 is -0.131. The van der Waals surface area contributed by atoms with Gasteiger partial charge in [0.1, 0.15) is 5.54 Å². The van der Waals surface area contributed by atoms with Crippen LogP contribution in [0.15, 0.2) is 18.5 Å². The quantitative estimate of drug-likeness (QED) is 0.803. The molecule has 21 heavy (non-hydrogen) atoms. The summed E-state index contributed by atoms with van der Waals surface area (Å²) in [6.07, 6.45) is 4.44. The topological polar surface area (TPSA) is 59.0 Å². The van der Waals surface area contributed by atoms with Crippen molar-refractivity contribution in [3.8, 4) is 0 Å². The average molecular weight is 322 g/mol. The van der Waals surface area contributed by atoms with Crippen LogP contribution in [0.25, 0.3) is 0 Å². The third-order valence-electron chi connectivity index (χ3n) is 3.45. The summed E-state index contributed by atoms with van der Waals surface area (Å²) in [4.78, 5) is 12.5. The molecule has 0 spiro atoms. The predicted molar refractivity (Wildman–Crippen MR) is 73.8 cm³/mol. The number of halogens is 3. The smallest absolute Gasteiger partial charge is 0.353 e. The fraction of sp³-hybridized carbons (Fsp3) is 0.667. The van der Waals surface area contributed by atoms with E-state index in [1.54, 1.807) is 23.1 Å². The molecule has 2 heterocycles. The second-order valence-electron chi connectivity index (χ2n) is 4.78. The van der Waals surface area contributed by atoms with Gasteiger partial charge in [-0.25, -0.2) is 0 Å². The Morgan fingerprint density at radius 3 is 2.71 bits per heavy atom. The molecule has 118 valence electrons. The third-order valence-corrected chi connectivity index (χ3v) is 4.19. The summed E-state index contributed by atoms with van der Waals surface area (Å²) in [5, 5.41) is 9.92. The second kappa shape index (κ2) is 6.69. The van der Waals surface area contributed by atoms with E-state index in [0.29, 0.717) is 25.9 Å². The molecule has 2 N–H and O–H groups in total. The van der Waals surface area contributed by atoms with Crippen LogP contribution in [0.2, 0.25) is 0 Å². The first-order valence-corrected chi connectivity index (χ1v) is 7.62. The molecule has 1 saturated heterocycles. The Morgan fingerprint density at radius 1 is 1.43 bits per heavy atom. The number of nitrogens with zero attached hydrogens (tertiary/aromatic N) is 2. The molecule has 1 aromatic heterocycles. The van der Waals surface area contributed by atoms with Crippen molar-refractivity contribution in [3.05, 3.63) is 18.5 Å². The lowest BCUT2D eigenvalue weighted by atomic mass is 9.87. The van der Waals surface area contributed by atoms with Gasteiger partial charge in [-0.2, -0.15) is 18.3 Å². The molecule has 0 bridgehead atoms. The van der Waals surface area contributed by atoms with Crippen LogP contribution in [-0.4, -0.2) is 46.6 Å². The van der Waals surface area contributed by atoms with E-state index in [1.165, 1.54) is 0 Å². The van der Waals surface area contributed by atoms with E-state index in [0.717, 1.165) is 0 Å². The molecular weight excluding hydrogens is 305 g/mol. The van der Waals surface area contributed by atoms with Crippen molar-refractivity contribution in [1.29, 1.82) is 0 Å². The number of rotatable bonds is 5. The first-order chi connectivity index (χ1) is 9.94. The number of hydrogen-bond donors (Lipinski definition) is 2. The first-order valence-electron chi connectivity index (χ1n) is 6.64. The lowest BCUT2D eigenvalue weighted by Gasteiger charge is -2.36. The maximum Gasteiger partial charge on any atom is 0.441 e. The average Bonchev–Trinajstić information content (AvgIpc) is 2.97. The molecule has 9 heteroatoms. The summed E-state index contributed by atoms with van der Waals surface area (Å²) in [6, 6.07) is 1.73. The summed E-state index contributed by atoms with van der Waals surface area (Å²) in [6.45, 7) is 1.33. The maximum atomic E-state index is 12.5. The SMILES string of the molecule is O=C(NCCSC(F)(F)F)C1(n2cccn2)CCNCC1. The van der Waals surface area contributed by atoms with Gasteiger partial charge in [0.15, 0.2) is 0 Å². The fourth-order valence-corrected chi connectivity index (χ4v) is 2.85. The van der Waals surface area contributed by atoms with Gasteiger partial charge in [-0.05, 0) is 43.8 Å². The number of piperidine rings is 1. The third kappa shape index (κ3) is 4.13. The molecule has 1 aromatic rings. The Bertz CT molecular complexity index is 458. The maximum absolute atomic E-state index is 12.5. The van der Waals surface area contributed by atoms with Crippen LogP contribution in [0, 0.1) is 0 Å². The van der Waals surface area contributed by atoms with E-state index < -0.39 is 11.0 Å². The minimum atomic E-state index is -4.26. The molecule has 2 rings (SSSR count). The number of nitrogens with one attached hydrogen (secondary N) is 2. The molecule has 0 saturated carbocycles. The summed E-state index contributed by atoms with van der Waals surface area (Å²) in [7, 11) is 0. The molecule has 0 aliphatic carbocycles. The molecule has 0 atom stereocenters. The number of hydrogen-bond acceptors (Lipinski definition) is 4. The molecule has 1 amide bonds. The Labute approximate surface area is 124 Å². The predicted octanol–water partition coefficient (Wildman–Crippen LogP) is 1.33. The lowest BCUT2D eigenvalue weighted by molar-refractivity contribution is -0.131.